The molecule has 26 heavy (non-hydrogen) atoms. The van der Waals surface area contributed by atoms with Crippen LogP contribution in [0.15, 0.2) is 41.9 Å². The van der Waals surface area contributed by atoms with Crippen LogP contribution in [0.3, 0.4) is 0 Å². The van der Waals surface area contributed by atoms with Gasteiger partial charge in [-0.1, -0.05) is 23.8 Å². The minimum absolute atomic E-state index is 0.0915. The monoisotopic (exact) mass is 355 g/mol. The Morgan fingerprint density at radius 1 is 1.38 bits per heavy atom. The topological polar surface area (TPSA) is 54.7 Å². The van der Waals surface area contributed by atoms with Gasteiger partial charge >= 0.3 is 0 Å². The first-order chi connectivity index (χ1) is 12.7. The summed E-state index contributed by atoms with van der Waals surface area (Å²) in [5, 5.41) is 3.48. The number of nitrogens with zero attached hydrogens (tertiary/aromatic N) is 4. The molecule has 0 spiro atoms. The van der Waals surface area contributed by atoms with Crippen LogP contribution in [-0.2, 0) is 11.3 Å². The van der Waals surface area contributed by atoms with Gasteiger partial charge in [-0.15, -0.1) is 0 Å². The zero-order valence-electron chi connectivity index (χ0n) is 16.0. The van der Waals surface area contributed by atoms with Gasteiger partial charge in [0.15, 0.2) is 5.96 Å². The van der Waals surface area contributed by atoms with Crippen LogP contribution in [0, 0.1) is 13.8 Å². The number of aryl methyl sites for hydroxylation is 3. The Morgan fingerprint density at radius 2 is 2.27 bits per heavy atom. The quantitative estimate of drug-likeness (QED) is 0.509. The van der Waals surface area contributed by atoms with Crippen molar-refractivity contribution in [3.63, 3.8) is 0 Å². The second-order valence-corrected chi connectivity index (χ2v) is 6.79. The van der Waals surface area contributed by atoms with Gasteiger partial charge in [-0.2, -0.15) is 0 Å². The van der Waals surface area contributed by atoms with Crippen molar-refractivity contribution < 1.29 is 4.74 Å². The number of benzene rings is 1. The summed E-state index contributed by atoms with van der Waals surface area (Å²) in [6, 6.07) is 6.58. The Bertz CT molecular complexity index is 726. The standard InChI is InChI=1S/C20H29N5O/c1-16-5-6-18(17(2)13-16)19-14-25(11-12-26-19)20(21-3)23-7-4-9-24-10-8-22-15-24/h5-6,8,10,13,15,19H,4,7,9,11-12,14H2,1-3H3,(H,21,23). The summed E-state index contributed by atoms with van der Waals surface area (Å²) in [6.45, 7) is 8.53. The maximum Gasteiger partial charge on any atom is 0.193 e. The molecule has 1 fully saturated rings. The SMILES string of the molecule is CN=C(NCCCn1ccnc1)N1CCOC(c2ccc(C)cc2C)C1. The number of hydrogen-bond acceptors (Lipinski definition) is 3. The van der Waals surface area contributed by atoms with Gasteiger partial charge in [-0.05, 0) is 31.4 Å². The van der Waals surface area contributed by atoms with E-state index in [1.807, 2.05) is 25.8 Å². The van der Waals surface area contributed by atoms with Crippen LogP contribution >= 0.6 is 0 Å². The smallest absolute Gasteiger partial charge is 0.193 e. The number of hydrogen-bond donors (Lipinski definition) is 1. The van der Waals surface area contributed by atoms with Crippen LogP contribution < -0.4 is 5.32 Å². The normalized spacial score (nSPS) is 18.2. The van der Waals surface area contributed by atoms with E-state index in [1.165, 1.54) is 16.7 Å². The number of guanidine groups is 1. The van der Waals surface area contributed by atoms with Crippen molar-refractivity contribution >= 4 is 5.96 Å². The van der Waals surface area contributed by atoms with Gasteiger partial charge in [0.25, 0.3) is 0 Å². The second kappa shape index (κ2) is 8.85. The van der Waals surface area contributed by atoms with Crippen molar-refractivity contribution in [3.8, 4) is 0 Å². The number of nitrogens with one attached hydrogen (secondary N) is 1. The van der Waals surface area contributed by atoms with E-state index < -0.39 is 0 Å². The number of rotatable bonds is 5. The third kappa shape index (κ3) is 4.64. The number of aromatic nitrogens is 2. The minimum atomic E-state index is 0.0915. The van der Waals surface area contributed by atoms with Gasteiger partial charge in [0.1, 0.15) is 6.10 Å². The highest BCUT2D eigenvalue weighted by atomic mass is 16.5. The van der Waals surface area contributed by atoms with Gasteiger partial charge in [0, 0.05) is 39.1 Å². The summed E-state index contributed by atoms with van der Waals surface area (Å²) >= 11 is 0. The molecule has 6 heteroatoms. The number of aliphatic imine (C=N–C) groups is 1. The fourth-order valence-corrected chi connectivity index (χ4v) is 3.43. The Kier molecular flexibility index (Phi) is 6.28. The molecule has 2 heterocycles. The molecule has 0 aliphatic carbocycles. The van der Waals surface area contributed by atoms with Crippen LogP contribution in [-0.4, -0.2) is 53.7 Å². The first-order valence-corrected chi connectivity index (χ1v) is 9.27. The van der Waals surface area contributed by atoms with Gasteiger partial charge in [-0.25, -0.2) is 4.98 Å². The van der Waals surface area contributed by atoms with Crippen LogP contribution in [0.1, 0.15) is 29.2 Å². The van der Waals surface area contributed by atoms with Gasteiger partial charge in [0.2, 0.25) is 0 Å². The summed E-state index contributed by atoms with van der Waals surface area (Å²) in [6.07, 6.45) is 6.78. The second-order valence-electron chi connectivity index (χ2n) is 6.79. The molecule has 6 nitrogen and oxygen atoms in total. The number of imidazole rings is 1. The molecule has 1 saturated heterocycles. The molecule has 0 amide bonds. The Hall–Kier alpha value is -2.34. The van der Waals surface area contributed by atoms with Gasteiger partial charge < -0.3 is 19.5 Å². The lowest BCUT2D eigenvalue weighted by molar-refractivity contribution is -0.00831. The molecule has 140 valence electrons. The molecule has 1 aromatic heterocycles. The van der Waals surface area contributed by atoms with Crippen LogP contribution in [0.25, 0.3) is 0 Å². The molecule has 2 aromatic rings. The molecule has 3 rings (SSSR count). The predicted molar refractivity (Wildman–Crippen MR) is 104 cm³/mol. The maximum atomic E-state index is 6.05. The van der Waals surface area contributed by atoms with Crippen molar-refractivity contribution in [1.82, 2.24) is 19.8 Å². The highest BCUT2D eigenvalue weighted by Gasteiger charge is 2.25. The molecule has 1 N–H and O–H groups in total. The highest BCUT2D eigenvalue weighted by Crippen LogP contribution is 2.25. The lowest BCUT2D eigenvalue weighted by Gasteiger charge is -2.35. The zero-order valence-corrected chi connectivity index (χ0v) is 16.0. The minimum Gasteiger partial charge on any atom is -0.370 e. The number of ether oxygens (including phenoxy) is 1. The molecular formula is C20H29N5O. The van der Waals surface area contributed by atoms with E-state index in [1.54, 1.807) is 0 Å². The van der Waals surface area contributed by atoms with Crippen molar-refractivity contribution in [1.29, 1.82) is 0 Å². The third-order valence-corrected chi connectivity index (χ3v) is 4.79. The molecule has 1 aromatic carbocycles. The van der Waals surface area contributed by atoms with Crippen LogP contribution in [0.4, 0.5) is 0 Å². The Labute approximate surface area is 155 Å². The zero-order chi connectivity index (χ0) is 18.4. The molecule has 0 bridgehead atoms. The highest BCUT2D eigenvalue weighted by molar-refractivity contribution is 5.80. The first kappa shape index (κ1) is 18.5. The summed E-state index contributed by atoms with van der Waals surface area (Å²) in [5.41, 5.74) is 3.85. The molecule has 0 radical (unpaired) electrons. The summed E-state index contributed by atoms with van der Waals surface area (Å²) in [4.78, 5) is 10.8. The van der Waals surface area contributed by atoms with E-state index in [9.17, 15) is 0 Å². The van der Waals surface area contributed by atoms with E-state index in [4.69, 9.17) is 4.74 Å². The van der Waals surface area contributed by atoms with Crippen molar-refractivity contribution in [3.05, 3.63) is 53.6 Å². The lowest BCUT2D eigenvalue weighted by Crippen LogP contribution is -2.48. The number of morpholine rings is 1. The van der Waals surface area contributed by atoms with Crippen molar-refractivity contribution in [2.75, 3.05) is 33.3 Å². The first-order valence-electron chi connectivity index (χ1n) is 9.27. The van der Waals surface area contributed by atoms with Crippen LogP contribution in [0.5, 0.6) is 0 Å². The van der Waals surface area contributed by atoms with Crippen LogP contribution in [0.2, 0.25) is 0 Å². The summed E-state index contributed by atoms with van der Waals surface area (Å²) in [5.74, 6) is 0.952. The lowest BCUT2D eigenvalue weighted by atomic mass is 10.00. The molecule has 1 unspecified atom stereocenters. The van der Waals surface area contributed by atoms with Gasteiger partial charge in [-0.3, -0.25) is 4.99 Å². The van der Waals surface area contributed by atoms with E-state index in [0.29, 0.717) is 6.61 Å². The summed E-state index contributed by atoms with van der Waals surface area (Å²) in [7, 11) is 1.85. The predicted octanol–water partition coefficient (Wildman–Crippen LogP) is 2.54. The Morgan fingerprint density at radius 3 is 3.00 bits per heavy atom. The Balaban J connectivity index is 1.54. The van der Waals surface area contributed by atoms with E-state index in [0.717, 1.165) is 38.6 Å². The average molecular weight is 355 g/mol. The van der Waals surface area contributed by atoms with Crippen molar-refractivity contribution in [2.24, 2.45) is 4.99 Å². The fourth-order valence-electron chi connectivity index (χ4n) is 3.43. The van der Waals surface area contributed by atoms with Gasteiger partial charge in [0.05, 0.1) is 19.5 Å². The van der Waals surface area contributed by atoms with E-state index in [-0.39, 0.29) is 6.10 Å². The molecule has 1 aliphatic heterocycles. The molecule has 1 aliphatic rings. The third-order valence-electron chi connectivity index (χ3n) is 4.79. The average Bonchev–Trinajstić information content (AvgIpc) is 3.15. The maximum absolute atomic E-state index is 6.05. The summed E-state index contributed by atoms with van der Waals surface area (Å²) < 4.78 is 8.14. The molecular weight excluding hydrogens is 326 g/mol. The molecule has 1 atom stereocenters. The van der Waals surface area contributed by atoms with E-state index >= 15 is 0 Å². The largest absolute Gasteiger partial charge is 0.370 e. The van der Waals surface area contributed by atoms with E-state index in [2.05, 4.69) is 56.8 Å². The van der Waals surface area contributed by atoms with Crippen molar-refractivity contribution in [2.45, 2.75) is 32.9 Å². The fraction of sp³-hybridized carbons (Fsp3) is 0.500. The molecule has 0 saturated carbocycles.